The van der Waals surface area contributed by atoms with E-state index in [0.717, 1.165) is 64.6 Å². The molecule has 1 fully saturated rings. The highest BCUT2D eigenvalue weighted by Gasteiger charge is 2.20. The van der Waals surface area contributed by atoms with Gasteiger partial charge in [0.15, 0.2) is 0 Å². The lowest BCUT2D eigenvalue weighted by Gasteiger charge is -2.32. The van der Waals surface area contributed by atoms with Crippen LogP contribution in [0, 0.1) is 5.92 Å². The van der Waals surface area contributed by atoms with E-state index in [1.165, 1.54) is 43.4 Å². The fraction of sp³-hybridized carbons (Fsp3) is 0.720. The van der Waals surface area contributed by atoms with Gasteiger partial charge < -0.3 is 14.5 Å². The smallest absolute Gasteiger partial charge is 0.223 e. The van der Waals surface area contributed by atoms with Gasteiger partial charge >= 0.3 is 0 Å². The van der Waals surface area contributed by atoms with Crippen molar-refractivity contribution in [2.24, 2.45) is 5.92 Å². The molecule has 5 nitrogen and oxygen atoms in total. The van der Waals surface area contributed by atoms with Crippen molar-refractivity contribution in [2.45, 2.75) is 65.8 Å². The van der Waals surface area contributed by atoms with Gasteiger partial charge in [0.25, 0.3) is 0 Å². The van der Waals surface area contributed by atoms with Gasteiger partial charge in [0.2, 0.25) is 5.91 Å². The minimum absolute atomic E-state index is 0.154. The molecule has 2 aliphatic rings. The van der Waals surface area contributed by atoms with Gasteiger partial charge in [0, 0.05) is 44.5 Å². The summed E-state index contributed by atoms with van der Waals surface area (Å²) in [6.07, 6.45) is 7.34. The van der Waals surface area contributed by atoms with Crippen molar-refractivity contribution in [3.63, 3.8) is 0 Å². The summed E-state index contributed by atoms with van der Waals surface area (Å²) >= 11 is 0. The van der Waals surface area contributed by atoms with Crippen molar-refractivity contribution in [3.8, 4) is 0 Å². The summed E-state index contributed by atoms with van der Waals surface area (Å²) in [5.41, 5.74) is 3.66. The van der Waals surface area contributed by atoms with E-state index >= 15 is 0 Å². The summed E-state index contributed by atoms with van der Waals surface area (Å²) in [7, 11) is 0. The van der Waals surface area contributed by atoms with Crippen LogP contribution in [-0.4, -0.2) is 56.7 Å². The third kappa shape index (κ3) is 6.71. The predicted octanol–water partition coefficient (Wildman–Crippen LogP) is 4.69. The third-order valence-corrected chi connectivity index (χ3v) is 6.38. The molecule has 1 aromatic rings. The molecule has 2 heterocycles. The number of ether oxygens (including phenoxy) is 1. The number of carbonyl (C=O) groups is 1. The molecule has 30 heavy (non-hydrogen) atoms. The highest BCUT2D eigenvalue weighted by atomic mass is 16.5. The van der Waals surface area contributed by atoms with Crippen molar-refractivity contribution < 1.29 is 9.53 Å². The Kier molecular flexibility index (Phi) is 9.01. The Morgan fingerprint density at radius 3 is 2.40 bits per heavy atom. The molecule has 0 unspecified atom stereocenters. The second-order valence-electron chi connectivity index (χ2n) is 9.31. The number of nitrogens with zero attached hydrogens (tertiary/aromatic N) is 3. The maximum absolute atomic E-state index is 12.5. The monoisotopic (exact) mass is 415 g/mol. The highest BCUT2D eigenvalue weighted by Crippen LogP contribution is 2.29. The van der Waals surface area contributed by atoms with E-state index in [1.807, 2.05) is 4.90 Å². The number of anilines is 2. The molecule has 0 bridgehead atoms. The zero-order valence-corrected chi connectivity index (χ0v) is 19.4. The molecule has 3 rings (SSSR count). The van der Waals surface area contributed by atoms with Crippen LogP contribution >= 0.6 is 0 Å². The minimum atomic E-state index is 0.154. The lowest BCUT2D eigenvalue weighted by atomic mass is 10.0. The molecule has 0 N–H and O–H groups in total. The van der Waals surface area contributed by atoms with Gasteiger partial charge in [-0.25, -0.2) is 0 Å². The zero-order chi connectivity index (χ0) is 21.3. The van der Waals surface area contributed by atoms with E-state index in [9.17, 15) is 4.79 Å². The van der Waals surface area contributed by atoms with Crippen molar-refractivity contribution in [3.05, 3.63) is 23.8 Å². The fourth-order valence-corrected chi connectivity index (χ4v) is 4.51. The number of carbonyl (C=O) groups excluding carboxylic acids is 1. The van der Waals surface area contributed by atoms with E-state index < -0.39 is 0 Å². The summed E-state index contributed by atoms with van der Waals surface area (Å²) < 4.78 is 5.54. The molecule has 0 atom stereocenters. The number of benzene rings is 1. The summed E-state index contributed by atoms with van der Waals surface area (Å²) in [6, 6.07) is 6.73. The average Bonchev–Trinajstić information content (AvgIpc) is 2.73. The minimum Gasteiger partial charge on any atom is -0.378 e. The number of rotatable bonds is 4. The van der Waals surface area contributed by atoms with Crippen LogP contribution in [0.4, 0.5) is 11.4 Å². The molecule has 0 aliphatic carbocycles. The predicted molar refractivity (Wildman–Crippen MR) is 125 cm³/mol. The Labute approximate surface area is 183 Å². The molecule has 0 saturated carbocycles. The molecule has 5 heteroatoms. The van der Waals surface area contributed by atoms with Crippen LogP contribution in [0.1, 0.15) is 64.9 Å². The highest BCUT2D eigenvalue weighted by molar-refractivity contribution is 5.92. The Hall–Kier alpha value is -1.59. The van der Waals surface area contributed by atoms with Crippen molar-refractivity contribution in [1.82, 2.24) is 4.90 Å². The van der Waals surface area contributed by atoms with Crippen LogP contribution in [0.15, 0.2) is 18.2 Å². The number of amides is 1. The molecular formula is C25H41N3O2. The van der Waals surface area contributed by atoms with E-state index in [1.54, 1.807) is 6.92 Å². The zero-order valence-electron chi connectivity index (χ0n) is 19.4. The first-order chi connectivity index (χ1) is 14.5. The first-order valence-electron chi connectivity index (χ1n) is 12.0. The number of hydrogen-bond donors (Lipinski definition) is 0. The Morgan fingerprint density at radius 2 is 1.70 bits per heavy atom. The van der Waals surface area contributed by atoms with Gasteiger partial charge in [0.05, 0.1) is 13.2 Å². The van der Waals surface area contributed by atoms with Crippen LogP contribution in [0.5, 0.6) is 0 Å². The molecule has 1 aromatic carbocycles. The summed E-state index contributed by atoms with van der Waals surface area (Å²) in [5, 5.41) is 0. The molecule has 168 valence electrons. The summed E-state index contributed by atoms with van der Waals surface area (Å²) in [4.78, 5) is 19.6. The molecule has 1 amide bonds. The van der Waals surface area contributed by atoms with Gasteiger partial charge in [-0.3, -0.25) is 9.69 Å². The number of morpholine rings is 1. The third-order valence-electron chi connectivity index (χ3n) is 6.38. The second-order valence-corrected chi connectivity index (χ2v) is 9.31. The Morgan fingerprint density at radius 1 is 1.00 bits per heavy atom. The molecule has 0 aromatic heterocycles. The first kappa shape index (κ1) is 23.1. The van der Waals surface area contributed by atoms with Crippen LogP contribution in [0.2, 0.25) is 0 Å². The Balaban J connectivity index is 1.91. The van der Waals surface area contributed by atoms with E-state index in [2.05, 4.69) is 41.8 Å². The largest absolute Gasteiger partial charge is 0.378 e. The SMILES string of the molecule is CC(=O)N1CCCCCCCN(CCC(C)C)Cc2cc(N3CCOCC3)ccc21. The van der Waals surface area contributed by atoms with Gasteiger partial charge in [-0.1, -0.05) is 33.1 Å². The average molecular weight is 416 g/mol. The van der Waals surface area contributed by atoms with Crippen LogP contribution in [-0.2, 0) is 16.1 Å². The number of hydrogen-bond acceptors (Lipinski definition) is 4. The normalized spacial score (nSPS) is 19.9. The quantitative estimate of drug-likeness (QED) is 0.715. The first-order valence-corrected chi connectivity index (χ1v) is 12.0. The van der Waals surface area contributed by atoms with Gasteiger partial charge in [-0.15, -0.1) is 0 Å². The van der Waals surface area contributed by atoms with Crippen molar-refractivity contribution in [1.29, 1.82) is 0 Å². The van der Waals surface area contributed by atoms with Gasteiger partial charge in [-0.05, 0) is 62.0 Å². The van der Waals surface area contributed by atoms with Crippen LogP contribution in [0.3, 0.4) is 0 Å². The molecule has 0 radical (unpaired) electrons. The van der Waals surface area contributed by atoms with Gasteiger partial charge in [0.1, 0.15) is 0 Å². The van der Waals surface area contributed by atoms with Gasteiger partial charge in [-0.2, -0.15) is 0 Å². The van der Waals surface area contributed by atoms with E-state index in [-0.39, 0.29) is 5.91 Å². The van der Waals surface area contributed by atoms with Crippen molar-refractivity contribution in [2.75, 3.05) is 55.7 Å². The maximum Gasteiger partial charge on any atom is 0.223 e. The molecule has 2 aliphatic heterocycles. The molecule has 0 spiro atoms. The fourth-order valence-electron chi connectivity index (χ4n) is 4.51. The van der Waals surface area contributed by atoms with Crippen LogP contribution < -0.4 is 9.80 Å². The van der Waals surface area contributed by atoms with E-state index in [4.69, 9.17) is 4.74 Å². The molecule has 1 saturated heterocycles. The number of fused-ring (bicyclic) bond motifs is 1. The molecular weight excluding hydrogens is 374 g/mol. The van der Waals surface area contributed by atoms with E-state index in [0.29, 0.717) is 5.92 Å². The summed E-state index contributed by atoms with van der Waals surface area (Å²) in [5.74, 6) is 0.861. The standard InChI is InChI=1S/C25H41N3O2/c1-21(2)11-14-26-12-7-5-4-6-8-13-28(22(3)29)25-10-9-24(19-23(25)20-26)27-15-17-30-18-16-27/h9-10,19,21H,4-8,11-18,20H2,1-3H3. The maximum atomic E-state index is 12.5. The second kappa shape index (κ2) is 11.7. The summed E-state index contributed by atoms with van der Waals surface area (Å²) in [6.45, 7) is 13.8. The topological polar surface area (TPSA) is 36.0 Å². The van der Waals surface area contributed by atoms with Crippen molar-refractivity contribution >= 4 is 17.3 Å². The lowest BCUT2D eigenvalue weighted by molar-refractivity contribution is -0.116. The Bertz CT molecular complexity index is 670. The van der Waals surface area contributed by atoms with Crippen LogP contribution in [0.25, 0.3) is 0 Å². The lowest BCUT2D eigenvalue weighted by Crippen LogP contribution is -2.37.